The van der Waals surface area contributed by atoms with E-state index in [-0.39, 0.29) is 0 Å². The van der Waals surface area contributed by atoms with Gasteiger partial charge in [0.15, 0.2) is 0 Å². The Labute approximate surface area is 116 Å². The molecule has 0 amide bonds. The fourth-order valence-electron chi connectivity index (χ4n) is 2.80. The third-order valence-electron chi connectivity index (χ3n) is 4.19. The summed E-state index contributed by atoms with van der Waals surface area (Å²) in [6.07, 6.45) is 3.55. The summed E-state index contributed by atoms with van der Waals surface area (Å²) in [7, 11) is 0. The molecule has 2 atom stereocenters. The predicted octanol–water partition coefficient (Wildman–Crippen LogP) is 3.68. The van der Waals surface area contributed by atoms with E-state index >= 15 is 0 Å². The standard InChI is InChI=1S/C16H26N2O/c1-4-11-19-15-9-5-8-14(16(15)17)18-10-6-7-12(2)13(18)3/h5,8-9,12-13H,4,6-7,10-11,17H2,1-3H3. The molecule has 3 heteroatoms. The van der Waals surface area contributed by atoms with Gasteiger partial charge in [-0.1, -0.05) is 19.9 Å². The largest absolute Gasteiger partial charge is 0.491 e. The van der Waals surface area contributed by atoms with Gasteiger partial charge in [-0.2, -0.15) is 0 Å². The number of hydrogen-bond acceptors (Lipinski definition) is 3. The SMILES string of the molecule is CCCOc1cccc(N2CCCC(C)C2C)c1N. The van der Waals surface area contributed by atoms with Gasteiger partial charge in [-0.3, -0.25) is 0 Å². The summed E-state index contributed by atoms with van der Waals surface area (Å²) in [6, 6.07) is 6.66. The van der Waals surface area contributed by atoms with E-state index in [1.807, 2.05) is 12.1 Å². The molecular formula is C16H26N2O. The zero-order valence-corrected chi connectivity index (χ0v) is 12.4. The van der Waals surface area contributed by atoms with Crippen LogP contribution >= 0.6 is 0 Å². The summed E-state index contributed by atoms with van der Waals surface area (Å²) in [6.45, 7) is 8.54. The number of rotatable bonds is 4. The van der Waals surface area contributed by atoms with Crippen molar-refractivity contribution in [2.24, 2.45) is 5.92 Å². The number of nitrogen functional groups attached to an aromatic ring is 1. The molecule has 106 valence electrons. The lowest BCUT2D eigenvalue weighted by atomic mass is 9.91. The van der Waals surface area contributed by atoms with Gasteiger partial charge in [-0.05, 0) is 44.2 Å². The van der Waals surface area contributed by atoms with Crippen LogP contribution in [-0.4, -0.2) is 19.2 Å². The molecule has 1 aromatic carbocycles. The maximum Gasteiger partial charge on any atom is 0.144 e. The fraction of sp³-hybridized carbons (Fsp3) is 0.625. The third kappa shape index (κ3) is 2.96. The van der Waals surface area contributed by atoms with E-state index in [4.69, 9.17) is 10.5 Å². The van der Waals surface area contributed by atoms with Gasteiger partial charge in [0.25, 0.3) is 0 Å². The predicted molar refractivity (Wildman–Crippen MR) is 81.8 cm³/mol. The van der Waals surface area contributed by atoms with Crippen LogP contribution in [-0.2, 0) is 0 Å². The number of nitrogens with two attached hydrogens (primary N) is 1. The van der Waals surface area contributed by atoms with Crippen molar-refractivity contribution in [1.82, 2.24) is 0 Å². The van der Waals surface area contributed by atoms with E-state index < -0.39 is 0 Å². The first-order valence-corrected chi connectivity index (χ1v) is 7.43. The maximum absolute atomic E-state index is 6.30. The molecule has 0 saturated carbocycles. The quantitative estimate of drug-likeness (QED) is 0.841. The van der Waals surface area contributed by atoms with Gasteiger partial charge in [0.1, 0.15) is 5.75 Å². The van der Waals surface area contributed by atoms with E-state index in [0.29, 0.717) is 12.0 Å². The second-order valence-corrected chi connectivity index (χ2v) is 5.59. The number of anilines is 2. The van der Waals surface area contributed by atoms with Crippen LogP contribution in [0, 0.1) is 5.92 Å². The highest BCUT2D eigenvalue weighted by atomic mass is 16.5. The molecule has 1 fully saturated rings. The zero-order chi connectivity index (χ0) is 13.8. The number of hydrogen-bond donors (Lipinski definition) is 1. The van der Waals surface area contributed by atoms with Gasteiger partial charge in [-0.25, -0.2) is 0 Å². The minimum absolute atomic E-state index is 0.539. The van der Waals surface area contributed by atoms with E-state index in [0.717, 1.165) is 36.7 Å². The Balaban J connectivity index is 2.24. The number of benzene rings is 1. The van der Waals surface area contributed by atoms with E-state index in [9.17, 15) is 0 Å². The Morgan fingerprint density at radius 2 is 2.16 bits per heavy atom. The Kier molecular flexibility index (Phi) is 4.56. The molecule has 1 aliphatic heterocycles. The minimum atomic E-state index is 0.539. The molecule has 0 aliphatic carbocycles. The molecule has 0 radical (unpaired) electrons. The highest BCUT2D eigenvalue weighted by Crippen LogP contribution is 2.36. The highest BCUT2D eigenvalue weighted by molar-refractivity contribution is 5.74. The van der Waals surface area contributed by atoms with E-state index in [1.54, 1.807) is 0 Å². The summed E-state index contributed by atoms with van der Waals surface area (Å²) in [5.74, 6) is 1.54. The van der Waals surface area contributed by atoms with Gasteiger partial charge >= 0.3 is 0 Å². The molecule has 2 N–H and O–H groups in total. The Morgan fingerprint density at radius 3 is 2.89 bits per heavy atom. The number of ether oxygens (including phenoxy) is 1. The van der Waals surface area contributed by atoms with Crippen molar-refractivity contribution in [3.8, 4) is 5.75 Å². The first-order chi connectivity index (χ1) is 9.15. The topological polar surface area (TPSA) is 38.5 Å². The molecular weight excluding hydrogens is 236 g/mol. The lowest BCUT2D eigenvalue weighted by Crippen LogP contribution is -2.42. The number of piperidine rings is 1. The van der Waals surface area contributed by atoms with Gasteiger partial charge in [0.05, 0.1) is 18.0 Å². The van der Waals surface area contributed by atoms with Crippen LogP contribution in [0.4, 0.5) is 11.4 Å². The molecule has 1 heterocycles. The molecule has 2 unspecified atom stereocenters. The van der Waals surface area contributed by atoms with Crippen LogP contribution in [0.15, 0.2) is 18.2 Å². The van der Waals surface area contributed by atoms with Crippen molar-refractivity contribution in [2.45, 2.75) is 46.1 Å². The lowest BCUT2D eigenvalue weighted by molar-refractivity contribution is 0.318. The Morgan fingerprint density at radius 1 is 1.37 bits per heavy atom. The summed E-state index contributed by atoms with van der Waals surface area (Å²) in [5, 5.41) is 0. The van der Waals surface area contributed by atoms with E-state index in [1.165, 1.54) is 12.8 Å². The molecule has 0 bridgehead atoms. The average Bonchev–Trinajstić information content (AvgIpc) is 2.41. The lowest BCUT2D eigenvalue weighted by Gasteiger charge is -2.40. The van der Waals surface area contributed by atoms with Crippen molar-refractivity contribution in [2.75, 3.05) is 23.8 Å². The fourth-order valence-corrected chi connectivity index (χ4v) is 2.80. The Hall–Kier alpha value is -1.38. The second kappa shape index (κ2) is 6.18. The summed E-state index contributed by atoms with van der Waals surface area (Å²) < 4.78 is 5.73. The first kappa shape index (κ1) is 14.0. The van der Waals surface area contributed by atoms with E-state index in [2.05, 4.69) is 31.7 Å². The van der Waals surface area contributed by atoms with Crippen molar-refractivity contribution in [3.63, 3.8) is 0 Å². The van der Waals surface area contributed by atoms with Crippen LogP contribution in [0.5, 0.6) is 5.75 Å². The van der Waals surface area contributed by atoms with Crippen molar-refractivity contribution < 1.29 is 4.74 Å². The zero-order valence-electron chi connectivity index (χ0n) is 12.4. The molecule has 1 saturated heterocycles. The van der Waals surface area contributed by atoms with Crippen LogP contribution in [0.3, 0.4) is 0 Å². The summed E-state index contributed by atoms with van der Waals surface area (Å²) in [4.78, 5) is 2.43. The normalized spacial score (nSPS) is 23.4. The Bertz CT molecular complexity index is 419. The van der Waals surface area contributed by atoms with Gasteiger partial charge in [-0.15, -0.1) is 0 Å². The van der Waals surface area contributed by atoms with Crippen molar-refractivity contribution >= 4 is 11.4 Å². The number of nitrogens with zero attached hydrogens (tertiary/aromatic N) is 1. The average molecular weight is 262 g/mol. The molecule has 1 aromatic rings. The minimum Gasteiger partial charge on any atom is -0.491 e. The van der Waals surface area contributed by atoms with Crippen LogP contribution in [0.2, 0.25) is 0 Å². The first-order valence-electron chi connectivity index (χ1n) is 7.43. The smallest absolute Gasteiger partial charge is 0.144 e. The molecule has 19 heavy (non-hydrogen) atoms. The third-order valence-corrected chi connectivity index (χ3v) is 4.19. The summed E-state index contributed by atoms with van der Waals surface area (Å²) in [5.41, 5.74) is 8.22. The van der Waals surface area contributed by atoms with Crippen molar-refractivity contribution in [1.29, 1.82) is 0 Å². The molecule has 0 spiro atoms. The monoisotopic (exact) mass is 262 g/mol. The number of para-hydroxylation sites is 1. The van der Waals surface area contributed by atoms with Gasteiger partial charge < -0.3 is 15.4 Å². The molecule has 3 nitrogen and oxygen atoms in total. The highest BCUT2D eigenvalue weighted by Gasteiger charge is 2.26. The van der Waals surface area contributed by atoms with Crippen LogP contribution in [0.25, 0.3) is 0 Å². The maximum atomic E-state index is 6.30. The van der Waals surface area contributed by atoms with Gasteiger partial charge in [0.2, 0.25) is 0 Å². The molecule has 0 aromatic heterocycles. The van der Waals surface area contributed by atoms with Crippen LogP contribution < -0.4 is 15.4 Å². The molecule has 2 rings (SSSR count). The summed E-state index contributed by atoms with van der Waals surface area (Å²) >= 11 is 0. The second-order valence-electron chi connectivity index (χ2n) is 5.59. The van der Waals surface area contributed by atoms with Crippen molar-refractivity contribution in [3.05, 3.63) is 18.2 Å². The van der Waals surface area contributed by atoms with Gasteiger partial charge in [0, 0.05) is 12.6 Å². The molecule has 1 aliphatic rings. The van der Waals surface area contributed by atoms with Crippen LogP contribution in [0.1, 0.15) is 40.0 Å².